The number of halogens is 9. The lowest BCUT2D eigenvalue weighted by Gasteiger charge is -2.26. The van der Waals surface area contributed by atoms with E-state index in [2.05, 4.69) is 77.7 Å². The maximum Gasteiger partial charge on any atom is 0.341 e. The quantitative estimate of drug-likeness (QED) is 0.110. The average molecular weight is 776 g/mol. The van der Waals surface area contributed by atoms with Crippen molar-refractivity contribution in [1.82, 2.24) is 0 Å². The molecule has 0 amide bonds. The molecule has 0 aliphatic heterocycles. The average Bonchev–Trinajstić information content (AvgIpc) is 2.85. The van der Waals surface area contributed by atoms with Crippen molar-refractivity contribution in [2.24, 2.45) is 0 Å². The van der Waals surface area contributed by atoms with Crippen molar-refractivity contribution in [3.8, 4) is 0 Å². The van der Waals surface area contributed by atoms with E-state index in [1.807, 2.05) is 0 Å². The van der Waals surface area contributed by atoms with E-state index in [1.54, 1.807) is 0 Å². The summed E-state index contributed by atoms with van der Waals surface area (Å²) in [6.07, 6.45) is 5.15. The van der Waals surface area contributed by atoms with E-state index < -0.39 is 19.7 Å². The van der Waals surface area contributed by atoms with Gasteiger partial charge in [-0.3, -0.25) is 0 Å². The van der Waals surface area contributed by atoms with Gasteiger partial charge in [0.05, 0.1) is 0 Å². The third-order valence-corrected chi connectivity index (χ3v) is 13.7. The molecule has 0 saturated carbocycles. The number of hydrogen-bond donors (Lipinski definition) is 0. The highest BCUT2D eigenvalue weighted by molar-refractivity contribution is 8.79. The van der Waals surface area contributed by atoms with Crippen molar-refractivity contribution < 1.29 is 0 Å². The summed E-state index contributed by atoms with van der Waals surface area (Å²) in [5.41, 5.74) is 6.81. The molecular formula is C27H30Cl9NSSi2. The molecule has 3 aromatic carbocycles. The molecule has 0 radical (unpaired) electrons. The van der Waals surface area contributed by atoms with Gasteiger partial charge in [-0.25, -0.2) is 0 Å². The van der Waals surface area contributed by atoms with Crippen LogP contribution in [0.25, 0.3) is 0 Å². The van der Waals surface area contributed by atoms with Gasteiger partial charge in [-0.2, -0.15) is 0 Å². The molecule has 0 saturated heterocycles. The van der Waals surface area contributed by atoms with Gasteiger partial charge in [-0.05, 0) is 143 Å². The summed E-state index contributed by atoms with van der Waals surface area (Å²) < 4.78 is 0. The van der Waals surface area contributed by atoms with Gasteiger partial charge in [-0.1, -0.05) is 36.4 Å². The standard InChI is InChI=1S/C27H30Cl9NSSi2/c28-38(29,30)19-1-4-22-7-13-25(14-8-22)37(26-15-9-23(10-16-26)5-2-20-39(31,32)33)27-17-11-24(12-18-27)6-3-21-40(34,35)36/h7-18H,1-6,19-21H2. The summed E-state index contributed by atoms with van der Waals surface area (Å²) in [7, 11) is 15.9. The van der Waals surface area contributed by atoms with Crippen LogP contribution >= 0.6 is 106 Å². The van der Waals surface area contributed by atoms with Gasteiger partial charge in [0.15, 0.2) is 0 Å². The summed E-state index contributed by atoms with van der Waals surface area (Å²) in [5, 5.41) is 0. The van der Waals surface area contributed by atoms with Gasteiger partial charge >= 0.3 is 12.0 Å². The number of nitrogens with zero attached hydrogens (tertiary/aromatic N) is 1. The molecule has 0 aliphatic carbocycles. The van der Waals surface area contributed by atoms with Gasteiger partial charge in [-0.15, -0.1) is 66.5 Å². The van der Waals surface area contributed by atoms with Gasteiger partial charge in [0.2, 0.25) is 0 Å². The SMILES string of the molecule is Cl[Si](Cl)(Cl)CCCc1ccc(N(c2ccc(CCC[Si](Cl)(Cl)Cl)cc2)c2ccc(CCCS(Cl)(Cl)Cl)cc2)cc1. The van der Waals surface area contributed by atoms with Crippen LogP contribution in [0.4, 0.5) is 17.1 Å². The first-order valence-corrected chi connectivity index (χ1v) is 27.6. The molecule has 3 rings (SSSR count). The lowest BCUT2D eigenvalue weighted by atomic mass is 10.1. The van der Waals surface area contributed by atoms with E-state index in [0.29, 0.717) is 17.8 Å². The molecule has 220 valence electrons. The van der Waals surface area contributed by atoms with Gasteiger partial charge in [0, 0.05) is 22.8 Å². The number of anilines is 3. The van der Waals surface area contributed by atoms with Crippen molar-refractivity contribution in [2.75, 3.05) is 10.7 Å². The Morgan fingerprint density at radius 1 is 0.475 bits per heavy atom. The van der Waals surface area contributed by atoms with E-state index in [1.165, 1.54) is 16.7 Å². The second-order valence-corrected chi connectivity index (χ2v) is 35.7. The molecule has 0 aliphatic rings. The summed E-state index contributed by atoms with van der Waals surface area (Å²) >= 11 is 36.3. The van der Waals surface area contributed by atoms with Crippen molar-refractivity contribution in [2.45, 2.75) is 50.6 Å². The van der Waals surface area contributed by atoms with Gasteiger partial charge in [0.1, 0.15) is 0 Å². The highest BCUT2D eigenvalue weighted by Crippen LogP contribution is 2.63. The fourth-order valence-corrected chi connectivity index (χ4v) is 9.32. The third kappa shape index (κ3) is 13.7. The minimum atomic E-state index is -2.60. The first-order chi connectivity index (χ1) is 18.7. The van der Waals surface area contributed by atoms with Crippen LogP contribution in [0.5, 0.6) is 0 Å². The zero-order valence-corrected chi connectivity index (χ0v) is 31.2. The maximum atomic E-state index is 6.05. The molecule has 1 nitrogen and oxygen atoms in total. The zero-order valence-electron chi connectivity index (χ0n) is 21.5. The second-order valence-electron chi connectivity index (χ2n) is 9.58. The van der Waals surface area contributed by atoms with Gasteiger partial charge < -0.3 is 4.90 Å². The summed E-state index contributed by atoms with van der Waals surface area (Å²) in [5.74, 6) is 0.595. The molecule has 0 unspecified atom stereocenters. The van der Waals surface area contributed by atoms with Crippen molar-refractivity contribution in [3.05, 3.63) is 89.5 Å². The van der Waals surface area contributed by atoms with E-state index in [4.69, 9.17) is 98.5 Å². The molecule has 0 N–H and O–H groups in total. The number of rotatable bonds is 15. The minimum absolute atomic E-state index is 0.595. The summed E-state index contributed by atoms with van der Waals surface area (Å²) in [4.78, 5) is 2.24. The first kappa shape index (κ1) is 35.3. The lowest BCUT2D eigenvalue weighted by Crippen LogP contribution is -2.11. The highest BCUT2D eigenvalue weighted by Gasteiger charge is 2.24. The molecule has 0 heterocycles. The van der Waals surface area contributed by atoms with Crippen LogP contribution in [0.2, 0.25) is 12.1 Å². The minimum Gasteiger partial charge on any atom is -0.311 e. The Hall–Kier alpha value is 0.854. The van der Waals surface area contributed by atoms with Crippen molar-refractivity contribution >= 4 is 135 Å². The van der Waals surface area contributed by atoms with Gasteiger partial charge in [0.25, 0.3) is 0 Å². The van der Waals surface area contributed by atoms with Crippen LogP contribution in [-0.2, 0) is 19.3 Å². The number of hydrogen-bond acceptors (Lipinski definition) is 1. The number of aryl methyl sites for hydroxylation is 3. The van der Waals surface area contributed by atoms with Crippen LogP contribution in [0.15, 0.2) is 72.8 Å². The maximum absolute atomic E-state index is 6.05. The van der Waals surface area contributed by atoms with Crippen molar-refractivity contribution in [1.29, 1.82) is 0 Å². The molecule has 40 heavy (non-hydrogen) atoms. The fourth-order valence-electron chi connectivity index (χ4n) is 4.31. The summed E-state index contributed by atoms with van der Waals surface area (Å²) in [6.45, 7) is 0. The predicted molar refractivity (Wildman–Crippen MR) is 192 cm³/mol. The summed E-state index contributed by atoms with van der Waals surface area (Å²) in [6, 6.07) is 21.8. The molecule has 0 bridgehead atoms. The third-order valence-electron chi connectivity index (χ3n) is 6.28. The Bertz CT molecular complexity index is 1030. The molecule has 0 atom stereocenters. The Balaban J connectivity index is 1.80. The van der Waals surface area contributed by atoms with E-state index >= 15 is 0 Å². The van der Waals surface area contributed by atoms with Crippen LogP contribution < -0.4 is 4.90 Å². The molecular weight excluding hydrogens is 746 g/mol. The predicted octanol–water partition coefficient (Wildman–Crippen LogP) is 13.5. The van der Waals surface area contributed by atoms with Crippen molar-refractivity contribution in [3.63, 3.8) is 0 Å². The number of benzene rings is 3. The normalized spacial score (nSPS) is 12.9. The van der Waals surface area contributed by atoms with E-state index in [0.717, 1.165) is 55.6 Å². The molecule has 0 fully saturated rings. The Morgan fingerprint density at radius 2 is 0.775 bits per heavy atom. The zero-order chi connectivity index (χ0) is 29.4. The monoisotopic (exact) mass is 771 g/mol. The van der Waals surface area contributed by atoms with E-state index in [-0.39, 0.29) is 0 Å². The highest BCUT2D eigenvalue weighted by atomic mass is 36.2. The Kier molecular flexibility index (Phi) is 14.4. The molecule has 0 aromatic heterocycles. The molecule has 0 spiro atoms. The molecule has 13 heteroatoms. The smallest absolute Gasteiger partial charge is 0.311 e. The van der Waals surface area contributed by atoms with Crippen LogP contribution in [-0.4, -0.2) is 17.8 Å². The lowest BCUT2D eigenvalue weighted by molar-refractivity contribution is 0.914. The Labute approximate surface area is 283 Å². The first-order valence-electron chi connectivity index (χ1n) is 12.8. The fraction of sp³-hybridized carbons (Fsp3) is 0.333. The van der Waals surface area contributed by atoms with Crippen LogP contribution in [0.1, 0.15) is 36.0 Å². The molecule has 3 aromatic rings. The Morgan fingerprint density at radius 3 is 1.05 bits per heavy atom. The van der Waals surface area contributed by atoms with E-state index in [9.17, 15) is 0 Å². The van der Waals surface area contributed by atoms with Crippen LogP contribution in [0.3, 0.4) is 0 Å². The van der Waals surface area contributed by atoms with Crippen LogP contribution in [0, 0.1) is 0 Å². The largest absolute Gasteiger partial charge is 0.341 e. The second kappa shape index (κ2) is 16.2. The topological polar surface area (TPSA) is 3.24 Å².